The lowest BCUT2D eigenvalue weighted by molar-refractivity contribution is 0.332. The smallest absolute Gasteiger partial charge is 0.267 e. The molecule has 0 bridgehead atoms. The molecule has 0 spiro atoms. The van der Waals surface area contributed by atoms with Crippen LogP contribution in [0.2, 0.25) is 0 Å². The first-order valence-corrected chi connectivity index (χ1v) is 9.50. The zero-order chi connectivity index (χ0) is 18.9. The summed E-state index contributed by atoms with van der Waals surface area (Å²) in [6.07, 6.45) is 7.13. The van der Waals surface area contributed by atoms with Crippen LogP contribution in [-0.4, -0.2) is 37.5 Å². The molecule has 1 N–H and O–H groups in total. The Morgan fingerprint density at radius 1 is 1.00 bits per heavy atom. The summed E-state index contributed by atoms with van der Waals surface area (Å²) in [5, 5.41) is 12.9. The Hall–Kier alpha value is -3.32. The molecule has 7 nitrogen and oxygen atoms in total. The van der Waals surface area contributed by atoms with E-state index in [1.165, 1.54) is 0 Å². The van der Waals surface area contributed by atoms with E-state index in [9.17, 15) is 4.79 Å². The standard InChI is InChI=1S/C21H20N6O/c28-19-7-6-17(24-27(19)16-8-10-22-11-9-16)20-18-14-23-12-13-26(18)25-21(20)15-4-2-1-3-5-15/h1-7,12-14,16,22H,8-11H2. The second-order valence-electron chi connectivity index (χ2n) is 6.98. The monoisotopic (exact) mass is 372 g/mol. The maximum atomic E-state index is 12.5. The van der Waals surface area contributed by atoms with Gasteiger partial charge in [0, 0.05) is 24.0 Å². The summed E-state index contributed by atoms with van der Waals surface area (Å²) >= 11 is 0. The Bertz CT molecular complexity index is 1170. The molecule has 1 aliphatic heterocycles. The average Bonchev–Trinajstić information content (AvgIpc) is 3.15. The molecule has 1 aromatic carbocycles. The minimum Gasteiger partial charge on any atom is -0.317 e. The zero-order valence-corrected chi connectivity index (χ0v) is 15.3. The topological polar surface area (TPSA) is 77.1 Å². The second kappa shape index (κ2) is 7.01. The molecule has 5 rings (SSSR count). The molecule has 1 fully saturated rings. The van der Waals surface area contributed by atoms with E-state index in [2.05, 4.69) is 10.3 Å². The number of nitrogens with one attached hydrogen (secondary N) is 1. The van der Waals surface area contributed by atoms with E-state index >= 15 is 0 Å². The van der Waals surface area contributed by atoms with Crippen LogP contribution in [0, 0.1) is 0 Å². The van der Waals surface area contributed by atoms with Crippen molar-refractivity contribution in [3.05, 3.63) is 71.4 Å². The van der Waals surface area contributed by atoms with Gasteiger partial charge in [-0.25, -0.2) is 9.20 Å². The molecule has 4 aromatic rings. The molecule has 28 heavy (non-hydrogen) atoms. The number of nitrogens with zero attached hydrogens (tertiary/aromatic N) is 5. The highest BCUT2D eigenvalue weighted by molar-refractivity contribution is 5.90. The van der Waals surface area contributed by atoms with Gasteiger partial charge < -0.3 is 5.32 Å². The van der Waals surface area contributed by atoms with Crippen molar-refractivity contribution in [2.45, 2.75) is 18.9 Å². The van der Waals surface area contributed by atoms with E-state index in [4.69, 9.17) is 10.2 Å². The third kappa shape index (κ3) is 2.90. The van der Waals surface area contributed by atoms with Crippen LogP contribution in [0.5, 0.6) is 0 Å². The lowest BCUT2D eigenvalue weighted by atomic mass is 10.0. The van der Waals surface area contributed by atoms with Gasteiger partial charge in [-0.2, -0.15) is 10.2 Å². The van der Waals surface area contributed by atoms with Crippen molar-refractivity contribution in [3.63, 3.8) is 0 Å². The fourth-order valence-corrected chi connectivity index (χ4v) is 3.82. The average molecular weight is 372 g/mol. The normalized spacial score (nSPS) is 15.1. The minimum atomic E-state index is -0.0634. The first-order chi connectivity index (χ1) is 13.8. The Kier molecular flexibility index (Phi) is 4.21. The number of fused-ring (bicyclic) bond motifs is 1. The quantitative estimate of drug-likeness (QED) is 0.598. The molecular weight excluding hydrogens is 352 g/mol. The van der Waals surface area contributed by atoms with Gasteiger partial charge in [0.15, 0.2) is 0 Å². The summed E-state index contributed by atoms with van der Waals surface area (Å²) in [4.78, 5) is 16.8. The molecule has 0 radical (unpaired) electrons. The van der Waals surface area contributed by atoms with Crippen LogP contribution in [0.3, 0.4) is 0 Å². The maximum absolute atomic E-state index is 12.5. The van der Waals surface area contributed by atoms with Crippen LogP contribution in [0.1, 0.15) is 18.9 Å². The SMILES string of the molecule is O=c1ccc(-c2c(-c3ccccc3)nn3ccncc23)nn1C1CCNCC1. The van der Waals surface area contributed by atoms with E-state index in [0.717, 1.165) is 54.0 Å². The predicted molar refractivity (Wildman–Crippen MR) is 107 cm³/mol. The van der Waals surface area contributed by atoms with Gasteiger partial charge in [0.05, 0.1) is 29.0 Å². The number of hydrogen-bond acceptors (Lipinski definition) is 5. The lowest BCUT2D eigenvalue weighted by Crippen LogP contribution is -2.35. The molecule has 0 aliphatic carbocycles. The highest BCUT2D eigenvalue weighted by Crippen LogP contribution is 2.33. The first kappa shape index (κ1) is 16.8. The number of piperidine rings is 1. The summed E-state index contributed by atoms with van der Waals surface area (Å²) in [6, 6.07) is 13.5. The third-order valence-electron chi connectivity index (χ3n) is 5.22. The van der Waals surface area contributed by atoms with Crippen LogP contribution in [0.25, 0.3) is 28.0 Å². The molecule has 1 aliphatic rings. The van der Waals surface area contributed by atoms with Crippen LogP contribution in [-0.2, 0) is 0 Å². The van der Waals surface area contributed by atoms with Crippen LogP contribution >= 0.6 is 0 Å². The summed E-state index contributed by atoms with van der Waals surface area (Å²) in [7, 11) is 0. The molecule has 4 heterocycles. The molecule has 140 valence electrons. The van der Waals surface area contributed by atoms with Gasteiger partial charge in [0.25, 0.3) is 5.56 Å². The highest BCUT2D eigenvalue weighted by Gasteiger charge is 2.21. The van der Waals surface area contributed by atoms with Gasteiger partial charge >= 0.3 is 0 Å². The summed E-state index contributed by atoms with van der Waals surface area (Å²) in [5.74, 6) is 0. The third-order valence-corrected chi connectivity index (χ3v) is 5.22. The number of benzene rings is 1. The Morgan fingerprint density at radius 2 is 1.82 bits per heavy atom. The molecule has 3 aromatic heterocycles. The Labute approximate surface area is 161 Å². The van der Waals surface area contributed by atoms with E-state index in [1.807, 2.05) is 41.0 Å². The number of aromatic nitrogens is 5. The fraction of sp³-hybridized carbons (Fsp3) is 0.238. The molecule has 7 heteroatoms. The summed E-state index contributed by atoms with van der Waals surface area (Å²) < 4.78 is 3.46. The van der Waals surface area contributed by atoms with Gasteiger partial charge in [-0.1, -0.05) is 30.3 Å². The molecule has 0 amide bonds. The van der Waals surface area contributed by atoms with Gasteiger partial charge in [-0.05, 0) is 32.0 Å². The number of hydrogen-bond donors (Lipinski definition) is 1. The summed E-state index contributed by atoms with van der Waals surface area (Å²) in [5.41, 5.74) is 4.26. The largest absolute Gasteiger partial charge is 0.317 e. The van der Waals surface area contributed by atoms with E-state index in [0.29, 0.717) is 0 Å². The van der Waals surface area contributed by atoms with Crippen LogP contribution < -0.4 is 10.9 Å². The minimum absolute atomic E-state index is 0.0634. The van der Waals surface area contributed by atoms with Crippen LogP contribution in [0.15, 0.2) is 65.8 Å². The van der Waals surface area contributed by atoms with Gasteiger partial charge in [-0.3, -0.25) is 9.78 Å². The molecule has 0 unspecified atom stereocenters. The second-order valence-corrected chi connectivity index (χ2v) is 6.98. The maximum Gasteiger partial charge on any atom is 0.267 e. The Balaban J connectivity index is 1.72. The van der Waals surface area contributed by atoms with Crippen molar-refractivity contribution < 1.29 is 0 Å². The molecule has 1 saturated heterocycles. The van der Waals surface area contributed by atoms with E-state index in [1.54, 1.807) is 29.2 Å². The summed E-state index contributed by atoms with van der Waals surface area (Å²) in [6.45, 7) is 1.80. The first-order valence-electron chi connectivity index (χ1n) is 9.50. The van der Waals surface area contributed by atoms with E-state index in [-0.39, 0.29) is 11.6 Å². The highest BCUT2D eigenvalue weighted by atomic mass is 16.1. The van der Waals surface area contributed by atoms with Gasteiger partial charge in [0.2, 0.25) is 0 Å². The van der Waals surface area contributed by atoms with Crippen molar-refractivity contribution in [1.29, 1.82) is 0 Å². The fourth-order valence-electron chi connectivity index (χ4n) is 3.82. The molecule has 0 atom stereocenters. The van der Waals surface area contributed by atoms with Crippen molar-refractivity contribution in [3.8, 4) is 22.5 Å². The van der Waals surface area contributed by atoms with Gasteiger partial charge in [-0.15, -0.1) is 0 Å². The van der Waals surface area contributed by atoms with Crippen LogP contribution in [0.4, 0.5) is 0 Å². The molecular formula is C21H20N6O. The Morgan fingerprint density at radius 3 is 2.64 bits per heavy atom. The predicted octanol–water partition coefficient (Wildman–Crippen LogP) is 2.54. The van der Waals surface area contributed by atoms with Crippen molar-refractivity contribution >= 4 is 5.52 Å². The van der Waals surface area contributed by atoms with Gasteiger partial charge in [0.1, 0.15) is 5.69 Å². The molecule has 0 saturated carbocycles. The van der Waals surface area contributed by atoms with Crippen molar-refractivity contribution in [1.82, 2.24) is 29.7 Å². The van der Waals surface area contributed by atoms with Crippen molar-refractivity contribution in [2.75, 3.05) is 13.1 Å². The lowest BCUT2D eigenvalue weighted by Gasteiger charge is -2.23. The number of rotatable bonds is 3. The zero-order valence-electron chi connectivity index (χ0n) is 15.3. The van der Waals surface area contributed by atoms with Crippen molar-refractivity contribution in [2.24, 2.45) is 0 Å². The van der Waals surface area contributed by atoms with E-state index < -0.39 is 0 Å².